The topological polar surface area (TPSA) is 72.5 Å². The van der Waals surface area contributed by atoms with E-state index in [4.69, 9.17) is 5.73 Å². The summed E-state index contributed by atoms with van der Waals surface area (Å²) >= 11 is 0. The van der Waals surface area contributed by atoms with Gasteiger partial charge in [-0.1, -0.05) is 12.1 Å². The van der Waals surface area contributed by atoms with E-state index in [1.54, 1.807) is 6.92 Å². The minimum absolute atomic E-state index is 0.0458. The maximum absolute atomic E-state index is 13.0. The van der Waals surface area contributed by atoms with Crippen LogP contribution in [0.5, 0.6) is 0 Å². The van der Waals surface area contributed by atoms with Crippen LogP contribution in [-0.2, 0) is 15.1 Å². The number of hydrogen-bond acceptors (Lipinski definition) is 4. The van der Waals surface area contributed by atoms with E-state index < -0.39 is 23.3 Å². The SMILES string of the molecule is CCOC(=O)[C@](O)(c1ccc(C)c(N)c1)C(F)(F)F. The van der Waals surface area contributed by atoms with Crippen LogP contribution in [0.25, 0.3) is 0 Å². The summed E-state index contributed by atoms with van der Waals surface area (Å²) in [7, 11) is 0. The largest absolute Gasteiger partial charge is 0.463 e. The fourth-order valence-corrected chi connectivity index (χ4v) is 1.50. The van der Waals surface area contributed by atoms with E-state index in [0.717, 1.165) is 12.1 Å². The quantitative estimate of drug-likeness (QED) is 0.653. The van der Waals surface area contributed by atoms with Gasteiger partial charge in [-0.15, -0.1) is 0 Å². The number of esters is 1. The Morgan fingerprint density at radius 2 is 2.00 bits per heavy atom. The third-order valence-electron chi connectivity index (χ3n) is 2.68. The molecule has 0 saturated carbocycles. The molecule has 0 aliphatic heterocycles. The molecular formula is C12H14F3NO3. The summed E-state index contributed by atoms with van der Waals surface area (Å²) in [5.41, 5.74) is 1.71. The first-order chi connectivity index (χ1) is 8.64. The Bertz CT molecular complexity index is 488. The summed E-state index contributed by atoms with van der Waals surface area (Å²) in [5, 5.41) is 9.78. The van der Waals surface area contributed by atoms with Crippen molar-refractivity contribution < 1.29 is 27.8 Å². The number of alkyl halides is 3. The number of ether oxygens (including phenoxy) is 1. The maximum atomic E-state index is 13.0. The Kier molecular flexibility index (Phi) is 4.09. The summed E-state index contributed by atoms with van der Waals surface area (Å²) in [4.78, 5) is 11.5. The van der Waals surface area contributed by atoms with Gasteiger partial charge in [0.05, 0.1) is 6.61 Å². The molecule has 1 aromatic carbocycles. The molecule has 1 rings (SSSR count). The second kappa shape index (κ2) is 5.08. The molecule has 0 aliphatic rings. The molecule has 1 aromatic rings. The first kappa shape index (κ1) is 15.3. The molecule has 7 heteroatoms. The molecule has 0 bridgehead atoms. The van der Waals surface area contributed by atoms with Crippen molar-refractivity contribution >= 4 is 11.7 Å². The fraction of sp³-hybridized carbons (Fsp3) is 0.417. The molecule has 0 unspecified atom stereocenters. The lowest BCUT2D eigenvalue weighted by Crippen LogP contribution is -2.50. The van der Waals surface area contributed by atoms with E-state index in [1.165, 1.54) is 13.0 Å². The van der Waals surface area contributed by atoms with Crippen LogP contribution in [0.2, 0.25) is 0 Å². The molecule has 0 aromatic heterocycles. The number of anilines is 1. The van der Waals surface area contributed by atoms with Crippen molar-refractivity contribution in [2.45, 2.75) is 25.6 Å². The van der Waals surface area contributed by atoms with Gasteiger partial charge in [0.25, 0.3) is 5.60 Å². The van der Waals surface area contributed by atoms with E-state index in [9.17, 15) is 23.1 Å². The predicted molar refractivity (Wildman–Crippen MR) is 62.2 cm³/mol. The average Bonchev–Trinajstić information content (AvgIpc) is 2.30. The Balaban J connectivity index is 3.39. The van der Waals surface area contributed by atoms with Gasteiger partial charge in [0.15, 0.2) is 0 Å². The average molecular weight is 277 g/mol. The highest BCUT2D eigenvalue weighted by Gasteiger charge is 2.62. The van der Waals surface area contributed by atoms with Crippen LogP contribution in [0.4, 0.5) is 18.9 Å². The molecule has 0 fully saturated rings. The van der Waals surface area contributed by atoms with Crippen molar-refractivity contribution in [1.82, 2.24) is 0 Å². The Morgan fingerprint density at radius 3 is 2.42 bits per heavy atom. The van der Waals surface area contributed by atoms with Crippen LogP contribution >= 0.6 is 0 Å². The van der Waals surface area contributed by atoms with Gasteiger partial charge in [-0.25, -0.2) is 4.79 Å². The molecule has 4 nitrogen and oxygen atoms in total. The van der Waals surface area contributed by atoms with E-state index >= 15 is 0 Å². The molecule has 0 saturated heterocycles. The Morgan fingerprint density at radius 1 is 1.42 bits per heavy atom. The molecule has 19 heavy (non-hydrogen) atoms. The number of nitrogen functional groups attached to an aromatic ring is 1. The molecule has 106 valence electrons. The van der Waals surface area contributed by atoms with Crippen molar-refractivity contribution in [2.24, 2.45) is 0 Å². The lowest BCUT2D eigenvalue weighted by atomic mass is 9.91. The van der Waals surface area contributed by atoms with Crippen LogP contribution in [-0.4, -0.2) is 23.9 Å². The normalized spacial score (nSPS) is 14.8. The molecule has 0 amide bonds. The predicted octanol–water partition coefficient (Wildman–Crippen LogP) is 1.89. The van der Waals surface area contributed by atoms with Crippen molar-refractivity contribution in [3.8, 4) is 0 Å². The third-order valence-corrected chi connectivity index (χ3v) is 2.68. The number of benzene rings is 1. The monoisotopic (exact) mass is 277 g/mol. The van der Waals surface area contributed by atoms with Crippen LogP contribution in [0, 0.1) is 6.92 Å². The van der Waals surface area contributed by atoms with Crippen molar-refractivity contribution in [1.29, 1.82) is 0 Å². The number of hydrogen-bond donors (Lipinski definition) is 2. The molecular weight excluding hydrogens is 263 g/mol. The number of nitrogens with two attached hydrogens (primary N) is 1. The summed E-state index contributed by atoms with van der Waals surface area (Å²) in [6.45, 7) is 2.66. The standard InChI is InChI=1S/C12H14F3NO3/c1-3-19-10(17)11(18,12(13,14)15)8-5-4-7(2)9(16)6-8/h4-6,18H,3,16H2,1-2H3/t11-/m1/s1. The zero-order chi connectivity index (χ0) is 14.8. The van der Waals surface area contributed by atoms with Gasteiger partial charge in [0.1, 0.15) is 0 Å². The Labute approximate surface area is 108 Å². The first-order valence-electron chi connectivity index (χ1n) is 5.47. The van der Waals surface area contributed by atoms with E-state index in [0.29, 0.717) is 5.56 Å². The highest BCUT2D eigenvalue weighted by atomic mass is 19.4. The second-order valence-corrected chi connectivity index (χ2v) is 4.00. The summed E-state index contributed by atoms with van der Waals surface area (Å²) in [5.74, 6) is -1.77. The lowest BCUT2D eigenvalue weighted by molar-refractivity contribution is -0.267. The number of rotatable bonds is 3. The third kappa shape index (κ3) is 2.65. The molecule has 0 radical (unpaired) electrons. The number of carbonyl (C=O) groups excluding carboxylic acids is 1. The summed E-state index contributed by atoms with van der Waals surface area (Å²) < 4.78 is 43.3. The van der Waals surface area contributed by atoms with Crippen LogP contribution in [0.1, 0.15) is 18.1 Å². The van der Waals surface area contributed by atoms with E-state index in [-0.39, 0.29) is 12.3 Å². The summed E-state index contributed by atoms with van der Waals surface area (Å²) in [6, 6.07) is 3.20. The van der Waals surface area contributed by atoms with Crippen LogP contribution in [0.15, 0.2) is 18.2 Å². The zero-order valence-corrected chi connectivity index (χ0v) is 10.4. The number of carbonyl (C=O) groups is 1. The van der Waals surface area contributed by atoms with E-state index in [2.05, 4.69) is 4.74 Å². The number of aliphatic hydroxyl groups is 1. The van der Waals surface area contributed by atoms with Gasteiger partial charge in [0, 0.05) is 11.3 Å². The van der Waals surface area contributed by atoms with Gasteiger partial charge < -0.3 is 15.6 Å². The smallest absolute Gasteiger partial charge is 0.432 e. The molecule has 1 atom stereocenters. The first-order valence-corrected chi connectivity index (χ1v) is 5.47. The highest BCUT2D eigenvalue weighted by Crippen LogP contribution is 2.40. The molecule has 3 N–H and O–H groups in total. The fourth-order valence-electron chi connectivity index (χ4n) is 1.50. The van der Waals surface area contributed by atoms with Gasteiger partial charge in [-0.05, 0) is 25.5 Å². The van der Waals surface area contributed by atoms with Crippen molar-refractivity contribution in [2.75, 3.05) is 12.3 Å². The molecule has 0 aliphatic carbocycles. The lowest BCUT2D eigenvalue weighted by Gasteiger charge is -2.28. The van der Waals surface area contributed by atoms with Crippen molar-refractivity contribution in [3.05, 3.63) is 29.3 Å². The highest BCUT2D eigenvalue weighted by molar-refractivity contribution is 5.82. The van der Waals surface area contributed by atoms with Crippen molar-refractivity contribution in [3.63, 3.8) is 0 Å². The maximum Gasteiger partial charge on any atom is 0.432 e. The molecule has 0 heterocycles. The Hall–Kier alpha value is -1.76. The number of aryl methyl sites for hydroxylation is 1. The van der Waals surface area contributed by atoms with Gasteiger partial charge in [-0.3, -0.25) is 0 Å². The zero-order valence-electron chi connectivity index (χ0n) is 10.4. The van der Waals surface area contributed by atoms with E-state index in [1.807, 2.05) is 0 Å². The molecule has 0 spiro atoms. The van der Waals surface area contributed by atoms with Gasteiger partial charge in [0.2, 0.25) is 0 Å². The van der Waals surface area contributed by atoms with Gasteiger partial charge in [-0.2, -0.15) is 13.2 Å². The number of halogens is 3. The van der Waals surface area contributed by atoms with Crippen LogP contribution < -0.4 is 5.73 Å². The minimum Gasteiger partial charge on any atom is -0.463 e. The van der Waals surface area contributed by atoms with Crippen LogP contribution in [0.3, 0.4) is 0 Å². The van der Waals surface area contributed by atoms with Gasteiger partial charge >= 0.3 is 12.1 Å². The summed E-state index contributed by atoms with van der Waals surface area (Å²) in [6.07, 6.45) is -5.21. The minimum atomic E-state index is -5.21. The second-order valence-electron chi connectivity index (χ2n) is 4.00.